The van der Waals surface area contributed by atoms with Crippen LogP contribution in [0.1, 0.15) is 57.1 Å². The van der Waals surface area contributed by atoms with E-state index < -0.39 is 5.97 Å². The summed E-state index contributed by atoms with van der Waals surface area (Å²) in [5.41, 5.74) is 5.10. The van der Waals surface area contributed by atoms with Gasteiger partial charge in [0.25, 0.3) is 0 Å². The normalized spacial score (nSPS) is 20.2. The smallest absolute Gasteiger partial charge is 0.336 e. The van der Waals surface area contributed by atoms with Crippen LogP contribution >= 0.6 is 0 Å². The van der Waals surface area contributed by atoms with E-state index in [2.05, 4.69) is 43.0 Å². The molecule has 0 bridgehead atoms. The number of benzene rings is 2. The van der Waals surface area contributed by atoms with Crippen LogP contribution < -0.4 is 4.90 Å². The molecule has 0 saturated heterocycles. The Morgan fingerprint density at radius 2 is 1.70 bits per heavy atom. The van der Waals surface area contributed by atoms with Crippen molar-refractivity contribution in [2.75, 3.05) is 18.0 Å². The van der Waals surface area contributed by atoms with Crippen LogP contribution in [0.25, 0.3) is 0 Å². The van der Waals surface area contributed by atoms with Gasteiger partial charge in [0, 0.05) is 42.5 Å². The molecule has 1 saturated carbocycles. The van der Waals surface area contributed by atoms with Crippen molar-refractivity contribution in [3.05, 3.63) is 77.0 Å². The van der Waals surface area contributed by atoms with E-state index in [0.717, 1.165) is 48.5 Å². The lowest BCUT2D eigenvalue weighted by Crippen LogP contribution is -2.39. The van der Waals surface area contributed by atoms with E-state index in [9.17, 15) is 9.59 Å². The van der Waals surface area contributed by atoms with Gasteiger partial charge < -0.3 is 9.64 Å². The van der Waals surface area contributed by atoms with Gasteiger partial charge in [0.05, 0.1) is 11.5 Å². The Morgan fingerprint density at radius 1 is 1.00 bits per heavy atom. The Morgan fingerprint density at radius 3 is 2.36 bits per heavy atom. The molecule has 2 atom stereocenters. The molecule has 1 aliphatic heterocycles. The van der Waals surface area contributed by atoms with Crippen LogP contribution in [0.2, 0.25) is 0 Å². The van der Waals surface area contributed by atoms with E-state index in [-0.39, 0.29) is 24.2 Å². The van der Waals surface area contributed by atoms with E-state index >= 15 is 0 Å². The maximum atomic E-state index is 13.3. The van der Waals surface area contributed by atoms with Crippen molar-refractivity contribution >= 4 is 23.2 Å². The summed E-state index contributed by atoms with van der Waals surface area (Å²) in [6.45, 7) is 8.17. The predicted molar refractivity (Wildman–Crippen MR) is 131 cm³/mol. The van der Waals surface area contributed by atoms with Gasteiger partial charge in [-0.3, -0.25) is 9.79 Å². The van der Waals surface area contributed by atoms with Crippen LogP contribution in [0, 0.1) is 5.92 Å². The fourth-order valence-electron chi connectivity index (χ4n) is 5.03. The summed E-state index contributed by atoms with van der Waals surface area (Å²) in [6, 6.07) is 17.9. The summed E-state index contributed by atoms with van der Waals surface area (Å²) >= 11 is 0. The van der Waals surface area contributed by atoms with Crippen molar-refractivity contribution in [2.24, 2.45) is 10.9 Å². The molecular weight excluding hydrogens is 412 g/mol. The number of hydrogen-bond donors (Lipinski definition) is 0. The zero-order chi connectivity index (χ0) is 23.4. The average molecular weight is 445 g/mol. The summed E-state index contributed by atoms with van der Waals surface area (Å²) in [5.74, 6) is -0.977. The molecule has 0 radical (unpaired) electrons. The SMILES string of the molecule is CCN(CC)c1ccc([C@@H]2C(C(=O)OCc3ccccc3)=C(C)N=C3CCCC(=O)C32)cc1. The van der Waals surface area contributed by atoms with Gasteiger partial charge in [-0.2, -0.15) is 0 Å². The summed E-state index contributed by atoms with van der Waals surface area (Å²) in [6.07, 6.45) is 2.15. The quantitative estimate of drug-likeness (QED) is 0.532. The number of carbonyl (C=O) groups is 2. The first-order valence-electron chi connectivity index (χ1n) is 11.9. The predicted octanol–water partition coefficient (Wildman–Crippen LogP) is 5.46. The molecule has 1 fully saturated rings. The minimum absolute atomic E-state index is 0.165. The van der Waals surface area contributed by atoms with Gasteiger partial charge in [-0.25, -0.2) is 4.79 Å². The Hall–Kier alpha value is -3.21. The van der Waals surface area contributed by atoms with E-state index in [0.29, 0.717) is 17.7 Å². The second kappa shape index (κ2) is 10.2. The van der Waals surface area contributed by atoms with Gasteiger partial charge in [-0.1, -0.05) is 42.5 Å². The van der Waals surface area contributed by atoms with Gasteiger partial charge in [0.15, 0.2) is 0 Å². The van der Waals surface area contributed by atoms with Crippen molar-refractivity contribution in [1.82, 2.24) is 0 Å². The van der Waals surface area contributed by atoms with E-state index in [4.69, 9.17) is 9.73 Å². The van der Waals surface area contributed by atoms with Gasteiger partial charge in [-0.15, -0.1) is 0 Å². The van der Waals surface area contributed by atoms with Crippen LogP contribution in [0.5, 0.6) is 0 Å². The van der Waals surface area contributed by atoms with Gasteiger partial charge in [0.1, 0.15) is 12.4 Å². The molecule has 2 aromatic rings. The third-order valence-corrected chi connectivity index (χ3v) is 6.72. The standard InChI is InChI=1S/C28H32N2O3/c1-4-30(5-2)22-16-14-21(15-17-22)26-25(28(32)33-18-20-10-7-6-8-11-20)19(3)29-23-12-9-13-24(31)27(23)26/h6-8,10-11,14-17,26-27H,4-5,9,12-13,18H2,1-3H3/t26-,27?/m1/s1. The number of rotatable bonds is 7. The number of nitrogens with zero attached hydrogens (tertiary/aromatic N) is 2. The third kappa shape index (κ3) is 4.77. The number of aliphatic imine (C=N–C) groups is 1. The maximum Gasteiger partial charge on any atom is 0.336 e. The molecule has 2 aliphatic rings. The highest BCUT2D eigenvalue weighted by Gasteiger charge is 2.43. The molecule has 1 heterocycles. The number of hydrogen-bond acceptors (Lipinski definition) is 5. The molecule has 1 unspecified atom stereocenters. The number of esters is 1. The monoisotopic (exact) mass is 444 g/mol. The summed E-state index contributed by atoms with van der Waals surface area (Å²) in [7, 11) is 0. The van der Waals surface area contributed by atoms with Gasteiger partial charge in [-0.05, 0) is 56.9 Å². The van der Waals surface area contributed by atoms with Crippen LogP contribution in [-0.2, 0) is 20.9 Å². The second-order valence-electron chi connectivity index (χ2n) is 8.70. The lowest BCUT2D eigenvalue weighted by atomic mass is 9.69. The molecule has 1 aliphatic carbocycles. The molecule has 2 aromatic carbocycles. The van der Waals surface area contributed by atoms with Crippen molar-refractivity contribution in [3.63, 3.8) is 0 Å². The average Bonchev–Trinajstić information content (AvgIpc) is 2.84. The molecule has 5 nitrogen and oxygen atoms in total. The highest BCUT2D eigenvalue weighted by molar-refractivity contribution is 6.11. The maximum absolute atomic E-state index is 13.3. The highest BCUT2D eigenvalue weighted by Crippen LogP contribution is 2.43. The number of anilines is 1. The Kier molecular flexibility index (Phi) is 7.07. The molecule has 0 amide bonds. The zero-order valence-corrected chi connectivity index (χ0v) is 19.7. The first-order valence-corrected chi connectivity index (χ1v) is 11.9. The zero-order valence-electron chi connectivity index (χ0n) is 19.7. The minimum atomic E-state index is -0.393. The molecule has 0 N–H and O–H groups in total. The van der Waals surface area contributed by atoms with E-state index in [1.54, 1.807) is 0 Å². The number of Topliss-reactive ketones (excluding diaryl/α,β-unsaturated/α-hetero) is 1. The number of fused-ring (bicyclic) bond motifs is 1. The third-order valence-electron chi connectivity index (χ3n) is 6.72. The van der Waals surface area contributed by atoms with E-state index in [1.165, 1.54) is 0 Å². The van der Waals surface area contributed by atoms with Gasteiger partial charge in [0.2, 0.25) is 0 Å². The summed E-state index contributed by atoms with van der Waals surface area (Å²) in [4.78, 5) is 33.4. The number of allylic oxidation sites excluding steroid dienone is 1. The molecule has 33 heavy (non-hydrogen) atoms. The van der Waals surface area contributed by atoms with Gasteiger partial charge >= 0.3 is 5.97 Å². The Labute approximate surface area is 196 Å². The van der Waals surface area contributed by atoms with E-state index in [1.807, 2.05) is 37.3 Å². The fraction of sp³-hybridized carbons (Fsp3) is 0.393. The summed E-state index contributed by atoms with van der Waals surface area (Å²) in [5, 5.41) is 0. The Balaban J connectivity index is 1.69. The van der Waals surface area contributed by atoms with Crippen molar-refractivity contribution in [2.45, 2.75) is 52.6 Å². The topological polar surface area (TPSA) is 59.0 Å². The molecular formula is C28H32N2O3. The lowest BCUT2D eigenvalue weighted by molar-refractivity contribution is -0.140. The summed E-state index contributed by atoms with van der Waals surface area (Å²) < 4.78 is 5.72. The minimum Gasteiger partial charge on any atom is -0.457 e. The first kappa shape index (κ1) is 23.0. The van der Waals surface area contributed by atoms with Crippen LogP contribution in [0.3, 0.4) is 0 Å². The van der Waals surface area contributed by atoms with Crippen LogP contribution in [0.15, 0.2) is 70.9 Å². The van der Waals surface area contributed by atoms with Crippen molar-refractivity contribution in [1.29, 1.82) is 0 Å². The largest absolute Gasteiger partial charge is 0.457 e. The number of ether oxygens (including phenoxy) is 1. The number of carbonyl (C=O) groups excluding carboxylic acids is 2. The molecule has 5 heteroatoms. The molecule has 0 aromatic heterocycles. The molecule has 4 rings (SSSR count). The molecule has 172 valence electrons. The van der Waals surface area contributed by atoms with Crippen LogP contribution in [-0.4, -0.2) is 30.6 Å². The fourth-order valence-corrected chi connectivity index (χ4v) is 5.03. The first-order chi connectivity index (χ1) is 16.0. The lowest BCUT2D eigenvalue weighted by Gasteiger charge is -2.35. The highest BCUT2D eigenvalue weighted by atomic mass is 16.5. The van der Waals surface area contributed by atoms with Crippen LogP contribution in [0.4, 0.5) is 5.69 Å². The Bertz CT molecular complexity index is 1070. The second-order valence-corrected chi connectivity index (χ2v) is 8.70. The number of ketones is 1. The molecule has 0 spiro atoms. The van der Waals surface area contributed by atoms with Crippen molar-refractivity contribution in [3.8, 4) is 0 Å². The van der Waals surface area contributed by atoms with Crippen molar-refractivity contribution < 1.29 is 14.3 Å².